The van der Waals surface area contributed by atoms with Crippen molar-refractivity contribution in [3.05, 3.63) is 0 Å². The fraction of sp³-hybridized carbons (Fsp3) is 1.00. The molecule has 1 saturated heterocycles. The van der Waals surface area contributed by atoms with Crippen molar-refractivity contribution in [2.75, 3.05) is 46.5 Å². The summed E-state index contributed by atoms with van der Waals surface area (Å²) in [5.74, 6) is 0. The predicted molar refractivity (Wildman–Crippen MR) is 67.2 cm³/mol. The predicted octanol–water partition coefficient (Wildman–Crippen LogP) is -0.307. The fourth-order valence-corrected chi connectivity index (χ4v) is 2.04. The minimum absolute atomic E-state index is 0.0371. The average molecular weight is 246 g/mol. The van der Waals surface area contributed by atoms with E-state index in [1.165, 1.54) is 0 Å². The molecule has 1 heterocycles. The van der Waals surface area contributed by atoms with Gasteiger partial charge in [-0.25, -0.2) is 0 Å². The second-order valence-corrected chi connectivity index (χ2v) is 4.80. The second kappa shape index (κ2) is 8.00. The Morgan fingerprint density at radius 2 is 2.24 bits per heavy atom. The summed E-state index contributed by atoms with van der Waals surface area (Å²) in [6, 6.07) is 0.481. The molecule has 102 valence electrons. The first-order valence-corrected chi connectivity index (χ1v) is 6.36. The molecule has 5 nitrogen and oxygen atoms in total. The Hall–Kier alpha value is -0.200. The summed E-state index contributed by atoms with van der Waals surface area (Å²) >= 11 is 0. The highest BCUT2D eigenvalue weighted by molar-refractivity contribution is 4.78. The molecule has 5 heteroatoms. The zero-order chi connectivity index (χ0) is 12.7. The highest BCUT2D eigenvalue weighted by Gasteiger charge is 2.20. The molecule has 0 spiro atoms. The number of nitrogens with one attached hydrogen (secondary N) is 1. The van der Waals surface area contributed by atoms with Gasteiger partial charge < -0.3 is 19.9 Å². The first kappa shape index (κ1) is 14.9. The maximum atomic E-state index is 9.91. The van der Waals surface area contributed by atoms with E-state index in [1.807, 2.05) is 6.92 Å². The van der Waals surface area contributed by atoms with Crippen molar-refractivity contribution in [2.45, 2.75) is 32.1 Å². The standard InChI is InChI=1S/C12H26N2O3/c1-10-6-13-4-5-14(10)7-12(15)9-17-11(2)8-16-3/h10-13,15H,4-9H2,1-3H3/t10-,11?,12?/m0/s1. The van der Waals surface area contributed by atoms with Crippen LogP contribution in [0.1, 0.15) is 13.8 Å². The Bertz CT molecular complexity index is 204. The Morgan fingerprint density at radius 3 is 2.88 bits per heavy atom. The van der Waals surface area contributed by atoms with Crippen LogP contribution in [0.3, 0.4) is 0 Å². The molecule has 2 N–H and O–H groups in total. The number of aliphatic hydroxyl groups excluding tert-OH is 1. The average Bonchev–Trinajstić information content (AvgIpc) is 2.30. The van der Waals surface area contributed by atoms with Gasteiger partial charge in [0.15, 0.2) is 0 Å². The monoisotopic (exact) mass is 246 g/mol. The molecule has 0 aromatic carbocycles. The number of methoxy groups -OCH3 is 1. The number of hydrogen-bond donors (Lipinski definition) is 2. The molecule has 1 fully saturated rings. The fourth-order valence-electron chi connectivity index (χ4n) is 2.04. The van der Waals surface area contributed by atoms with Crippen molar-refractivity contribution in [3.63, 3.8) is 0 Å². The Kier molecular flexibility index (Phi) is 6.99. The zero-order valence-corrected chi connectivity index (χ0v) is 11.2. The van der Waals surface area contributed by atoms with E-state index < -0.39 is 6.10 Å². The lowest BCUT2D eigenvalue weighted by atomic mass is 10.2. The summed E-state index contributed by atoms with van der Waals surface area (Å²) in [6.07, 6.45) is -0.384. The molecule has 0 aromatic heterocycles. The highest BCUT2D eigenvalue weighted by Crippen LogP contribution is 2.04. The maximum Gasteiger partial charge on any atom is 0.0900 e. The van der Waals surface area contributed by atoms with Gasteiger partial charge >= 0.3 is 0 Å². The van der Waals surface area contributed by atoms with Gasteiger partial charge in [0.2, 0.25) is 0 Å². The minimum atomic E-state index is -0.421. The third kappa shape index (κ3) is 5.79. The van der Waals surface area contributed by atoms with E-state index in [2.05, 4.69) is 17.1 Å². The summed E-state index contributed by atoms with van der Waals surface area (Å²) in [4.78, 5) is 2.30. The SMILES string of the molecule is COCC(C)OCC(O)CN1CCNC[C@@H]1C. The number of β-amino-alcohol motifs (C(OH)–C–C–N with tert-alkyl or cyclic N) is 1. The lowest BCUT2D eigenvalue weighted by molar-refractivity contribution is -0.0435. The second-order valence-electron chi connectivity index (χ2n) is 4.80. The third-order valence-electron chi connectivity index (χ3n) is 3.06. The normalized spacial score (nSPS) is 25.8. The van der Waals surface area contributed by atoms with E-state index in [9.17, 15) is 5.11 Å². The van der Waals surface area contributed by atoms with Crippen LogP contribution < -0.4 is 5.32 Å². The van der Waals surface area contributed by atoms with Crippen LogP contribution >= 0.6 is 0 Å². The highest BCUT2D eigenvalue weighted by atomic mass is 16.5. The van der Waals surface area contributed by atoms with Crippen molar-refractivity contribution < 1.29 is 14.6 Å². The van der Waals surface area contributed by atoms with Gasteiger partial charge in [0.1, 0.15) is 0 Å². The first-order chi connectivity index (χ1) is 8.13. The molecule has 17 heavy (non-hydrogen) atoms. The van der Waals surface area contributed by atoms with E-state index >= 15 is 0 Å². The maximum absolute atomic E-state index is 9.91. The molecule has 0 bridgehead atoms. The number of hydrogen-bond acceptors (Lipinski definition) is 5. The van der Waals surface area contributed by atoms with Crippen molar-refractivity contribution in [1.29, 1.82) is 0 Å². The molecule has 0 aliphatic carbocycles. The van der Waals surface area contributed by atoms with E-state index in [0.717, 1.165) is 19.6 Å². The van der Waals surface area contributed by atoms with Crippen molar-refractivity contribution in [1.82, 2.24) is 10.2 Å². The van der Waals surface area contributed by atoms with Gasteiger partial charge in [0, 0.05) is 39.3 Å². The quantitative estimate of drug-likeness (QED) is 0.645. The smallest absolute Gasteiger partial charge is 0.0900 e. The molecule has 2 unspecified atom stereocenters. The van der Waals surface area contributed by atoms with Gasteiger partial charge in [-0.1, -0.05) is 0 Å². The van der Waals surface area contributed by atoms with Gasteiger partial charge in [0.25, 0.3) is 0 Å². The van der Waals surface area contributed by atoms with Crippen LogP contribution in [0.4, 0.5) is 0 Å². The van der Waals surface area contributed by atoms with Crippen LogP contribution in [0.5, 0.6) is 0 Å². The Balaban J connectivity index is 2.17. The van der Waals surface area contributed by atoms with Gasteiger partial charge in [-0.3, -0.25) is 4.90 Å². The van der Waals surface area contributed by atoms with Gasteiger partial charge in [-0.15, -0.1) is 0 Å². The number of piperazine rings is 1. The molecule has 0 saturated carbocycles. The number of aliphatic hydroxyl groups is 1. The molecule has 1 aliphatic rings. The van der Waals surface area contributed by atoms with Crippen molar-refractivity contribution in [3.8, 4) is 0 Å². The van der Waals surface area contributed by atoms with Gasteiger partial charge in [-0.05, 0) is 13.8 Å². The Labute approximate surface area is 104 Å². The summed E-state index contributed by atoms with van der Waals surface area (Å²) in [5, 5.41) is 13.2. The molecular formula is C12H26N2O3. The van der Waals surface area contributed by atoms with Crippen LogP contribution in [0.25, 0.3) is 0 Å². The van der Waals surface area contributed by atoms with Crippen LogP contribution in [0.15, 0.2) is 0 Å². The lowest BCUT2D eigenvalue weighted by Crippen LogP contribution is -2.52. The molecule has 1 aliphatic heterocycles. The van der Waals surface area contributed by atoms with Crippen LogP contribution in [-0.4, -0.2) is 74.8 Å². The van der Waals surface area contributed by atoms with E-state index in [1.54, 1.807) is 7.11 Å². The summed E-state index contributed by atoms with van der Waals surface area (Å²) in [7, 11) is 1.65. The topological polar surface area (TPSA) is 54.0 Å². The molecule has 3 atom stereocenters. The molecule has 1 rings (SSSR count). The van der Waals surface area contributed by atoms with Gasteiger partial charge in [0.05, 0.1) is 25.4 Å². The third-order valence-corrected chi connectivity index (χ3v) is 3.06. The molecule has 0 amide bonds. The number of ether oxygens (including phenoxy) is 2. The van der Waals surface area contributed by atoms with E-state index in [-0.39, 0.29) is 6.10 Å². The van der Waals surface area contributed by atoms with E-state index in [4.69, 9.17) is 9.47 Å². The van der Waals surface area contributed by atoms with Crippen LogP contribution in [0.2, 0.25) is 0 Å². The van der Waals surface area contributed by atoms with Crippen LogP contribution in [0, 0.1) is 0 Å². The first-order valence-electron chi connectivity index (χ1n) is 6.36. The summed E-state index contributed by atoms with van der Waals surface area (Å²) in [6.45, 7) is 8.73. The molecule has 0 aromatic rings. The number of nitrogens with zero attached hydrogens (tertiary/aromatic N) is 1. The molecule has 0 radical (unpaired) electrons. The van der Waals surface area contributed by atoms with Gasteiger partial charge in [-0.2, -0.15) is 0 Å². The van der Waals surface area contributed by atoms with Crippen LogP contribution in [-0.2, 0) is 9.47 Å². The summed E-state index contributed by atoms with van der Waals surface area (Å²) in [5.41, 5.74) is 0. The van der Waals surface area contributed by atoms with Crippen molar-refractivity contribution in [2.24, 2.45) is 0 Å². The Morgan fingerprint density at radius 1 is 1.47 bits per heavy atom. The minimum Gasteiger partial charge on any atom is -0.389 e. The lowest BCUT2D eigenvalue weighted by Gasteiger charge is -2.35. The van der Waals surface area contributed by atoms with Crippen molar-refractivity contribution >= 4 is 0 Å². The summed E-state index contributed by atoms with van der Waals surface area (Å²) < 4.78 is 10.5. The number of rotatable bonds is 7. The largest absolute Gasteiger partial charge is 0.389 e. The zero-order valence-electron chi connectivity index (χ0n) is 11.2. The van der Waals surface area contributed by atoms with E-state index in [0.29, 0.717) is 25.8 Å². The molecular weight excluding hydrogens is 220 g/mol.